The van der Waals surface area contributed by atoms with E-state index < -0.39 is 0 Å². The molecule has 0 saturated carbocycles. The summed E-state index contributed by atoms with van der Waals surface area (Å²) in [4.78, 5) is 0. The summed E-state index contributed by atoms with van der Waals surface area (Å²) in [5.41, 5.74) is 1.64. The van der Waals surface area contributed by atoms with Gasteiger partial charge in [0.05, 0.1) is 6.61 Å². The minimum atomic E-state index is 0.419. The highest BCUT2D eigenvalue weighted by Gasteiger charge is 2.15. The molecule has 1 atom stereocenters. The van der Waals surface area contributed by atoms with Crippen LogP contribution in [0, 0.1) is 18.3 Å². The molecular weight excluding hydrogens is 208 g/mol. The van der Waals surface area contributed by atoms with Gasteiger partial charge in [-0.05, 0) is 42.7 Å². The predicted molar refractivity (Wildman–Crippen MR) is 74.5 cm³/mol. The quantitative estimate of drug-likeness (QED) is 0.708. The van der Waals surface area contributed by atoms with Gasteiger partial charge in [-0.1, -0.05) is 45.9 Å². The molecule has 0 fully saturated rings. The summed E-state index contributed by atoms with van der Waals surface area (Å²) in [5, 5.41) is 0. The third kappa shape index (κ3) is 5.76. The maximum atomic E-state index is 5.82. The molecule has 0 N–H and O–H groups in total. The Morgan fingerprint density at radius 3 is 2.41 bits per heavy atom. The summed E-state index contributed by atoms with van der Waals surface area (Å²) in [6.07, 6.45) is 2.38. The van der Waals surface area contributed by atoms with Gasteiger partial charge in [0.2, 0.25) is 0 Å². The lowest BCUT2D eigenvalue weighted by molar-refractivity contribution is 0.240. The predicted octanol–water partition coefficient (Wildman–Crippen LogP) is 4.84. The molecular formula is C16H26O. The van der Waals surface area contributed by atoms with Crippen molar-refractivity contribution >= 4 is 0 Å². The number of para-hydroxylation sites is 1. The van der Waals surface area contributed by atoms with E-state index in [0.29, 0.717) is 5.41 Å². The molecule has 0 amide bonds. The van der Waals surface area contributed by atoms with Crippen molar-refractivity contribution in [2.45, 2.75) is 47.5 Å². The maximum Gasteiger partial charge on any atom is 0.122 e. The van der Waals surface area contributed by atoms with Gasteiger partial charge in [-0.25, -0.2) is 0 Å². The van der Waals surface area contributed by atoms with Gasteiger partial charge in [0.1, 0.15) is 5.75 Å². The van der Waals surface area contributed by atoms with Gasteiger partial charge in [-0.15, -0.1) is 0 Å². The van der Waals surface area contributed by atoms with Crippen LogP contribution >= 0.6 is 0 Å². The Bertz CT molecular complexity index is 336. The molecule has 0 spiro atoms. The molecule has 0 aromatic heterocycles. The van der Waals surface area contributed by atoms with Crippen molar-refractivity contribution in [1.82, 2.24) is 0 Å². The van der Waals surface area contributed by atoms with Gasteiger partial charge >= 0.3 is 0 Å². The minimum Gasteiger partial charge on any atom is -0.493 e. The van der Waals surface area contributed by atoms with E-state index in [4.69, 9.17) is 4.74 Å². The summed E-state index contributed by atoms with van der Waals surface area (Å²) in [5.74, 6) is 1.74. The molecule has 96 valence electrons. The van der Waals surface area contributed by atoms with Crippen LogP contribution in [0.4, 0.5) is 0 Å². The Morgan fingerprint density at radius 1 is 1.18 bits per heavy atom. The molecule has 1 heteroatoms. The molecule has 0 saturated heterocycles. The highest BCUT2D eigenvalue weighted by molar-refractivity contribution is 5.31. The van der Waals surface area contributed by atoms with Crippen molar-refractivity contribution in [2.24, 2.45) is 11.3 Å². The van der Waals surface area contributed by atoms with Crippen LogP contribution in [0.15, 0.2) is 24.3 Å². The zero-order valence-corrected chi connectivity index (χ0v) is 11.9. The van der Waals surface area contributed by atoms with E-state index >= 15 is 0 Å². The average Bonchev–Trinajstić information content (AvgIpc) is 2.18. The van der Waals surface area contributed by atoms with Crippen LogP contribution in [0.1, 0.15) is 46.1 Å². The molecule has 0 bridgehead atoms. The van der Waals surface area contributed by atoms with Gasteiger partial charge in [-0.3, -0.25) is 0 Å². The van der Waals surface area contributed by atoms with Crippen LogP contribution in [-0.4, -0.2) is 6.61 Å². The van der Waals surface area contributed by atoms with Crippen molar-refractivity contribution in [3.8, 4) is 5.75 Å². The van der Waals surface area contributed by atoms with Gasteiger partial charge in [0.15, 0.2) is 0 Å². The third-order valence-electron chi connectivity index (χ3n) is 2.92. The smallest absolute Gasteiger partial charge is 0.122 e. The molecule has 0 heterocycles. The Balaban J connectivity index is 2.31. The standard InChI is InChI=1S/C16H26O/c1-13(12-16(3,4)5)10-11-17-15-9-7-6-8-14(15)2/h6-9,13H,10-12H2,1-5H3. The van der Waals surface area contributed by atoms with Crippen LogP contribution in [0.3, 0.4) is 0 Å². The number of aryl methyl sites for hydroxylation is 1. The summed E-state index contributed by atoms with van der Waals surface area (Å²) in [6, 6.07) is 8.21. The molecule has 1 aromatic rings. The van der Waals surface area contributed by atoms with Crippen LogP contribution < -0.4 is 4.74 Å². The number of rotatable bonds is 5. The first-order valence-electron chi connectivity index (χ1n) is 6.57. The number of benzene rings is 1. The van der Waals surface area contributed by atoms with Gasteiger partial charge < -0.3 is 4.74 Å². The summed E-state index contributed by atoms with van der Waals surface area (Å²) >= 11 is 0. The number of hydrogen-bond acceptors (Lipinski definition) is 1. The first kappa shape index (κ1) is 14.1. The number of hydrogen-bond donors (Lipinski definition) is 0. The lowest BCUT2D eigenvalue weighted by atomic mass is 9.84. The molecule has 0 aliphatic rings. The fraction of sp³-hybridized carbons (Fsp3) is 0.625. The zero-order chi connectivity index (χ0) is 12.9. The Hall–Kier alpha value is -0.980. The monoisotopic (exact) mass is 234 g/mol. The normalized spacial score (nSPS) is 13.5. The van der Waals surface area contributed by atoms with Crippen LogP contribution in [0.2, 0.25) is 0 Å². The van der Waals surface area contributed by atoms with Gasteiger partial charge in [0, 0.05) is 0 Å². The van der Waals surface area contributed by atoms with Crippen molar-refractivity contribution in [2.75, 3.05) is 6.61 Å². The first-order valence-corrected chi connectivity index (χ1v) is 6.57. The van der Waals surface area contributed by atoms with Gasteiger partial charge in [0.25, 0.3) is 0 Å². The summed E-state index contributed by atoms with van der Waals surface area (Å²) in [6.45, 7) is 12.1. The molecule has 0 aliphatic heterocycles. The molecule has 1 rings (SSSR count). The van der Waals surface area contributed by atoms with Crippen LogP contribution in [-0.2, 0) is 0 Å². The fourth-order valence-corrected chi connectivity index (χ4v) is 2.24. The second-order valence-corrected chi connectivity index (χ2v) is 6.27. The van der Waals surface area contributed by atoms with E-state index in [1.807, 2.05) is 18.2 Å². The average molecular weight is 234 g/mol. The van der Waals surface area contributed by atoms with Crippen molar-refractivity contribution in [1.29, 1.82) is 0 Å². The van der Waals surface area contributed by atoms with Gasteiger partial charge in [-0.2, -0.15) is 0 Å². The third-order valence-corrected chi connectivity index (χ3v) is 2.92. The summed E-state index contributed by atoms with van der Waals surface area (Å²) in [7, 11) is 0. The first-order chi connectivity index (χ1) is 7.88. The number of ether oxygens (including phenoxy) is 1. The molecule has 1 aromatic carbocycles. The minimum absolute atomic E-state index is 0.419. The van der Waals surface area contributed by atoms with E-state index in [1.54, 1.807) is 0 Å². The molecule has 1 unspecified atom stereocenters. The second kappa shape index (κ2) is 6.09. The lowest BCUT2D eigenvalue weighted by Gasteiger charge is -2.23. The highest BCUT2D eigenvalue weighted by Crippen LogP contribution is 2.26. The van der Waals surface area contributed by atoms with Crippen molar-refractivity contribution in [3.63, 3.8) is 0 Å². The van der Waals surface area contributed by atoms with Crippen LogP contribution in [0.5, 0.6) is 5.75 Å². The van der Waals surface area contributed by atoms with Crippen molar-refractivity contribution < 1.29 is 4.74 Å². The summed E-state index contributed by atoms with van der Waals surface area (Å²) < 4.78 is 5.82. The largest absolute Gasteiger partial charge is 0.493 e. The zero-order valence-electron chi connectivity index (χ0n) is 11.9. The van der Waals surface area contributed by atoms with E-state index in [2.05, 4.69) is 40.7 Å². The highest BCUT2D eigenvalue weighted by atomic mass is 16.5. The Kier molecular flexibility index (Phi) is 5.04. The Morgan fingerprint density at radius 2 is 1.82 bits per heavy atom. The fourth-order valence-electron chi connectivity index (χ4n) is 2.24. The SMILES string of the molecule is Cc1ccccc1OCCC(C)CC(C)(C)C. The van der Waals surface area contributed by atoms with E-state index in [-0.39, 0.29) is 0 Å². The molecule has 17 heavy (non-hydrogen) atoms. The Labute approximate surface area is 106 Å². The van der Waals surface area contributed by atoms with E-state index in [0.717, 1.165) is 24.7 Å². The van der Waals surface area contributed by atoms with E-state index in [9.17, 15) is 0 Å². The maximum absolute atomic E-state index is 5.82. The molecule has 0 aliphatic carbocycles. The molecule has 0 radical (unpaired) electrons. The lowest BCUT2D eigenvalue weighted by Crippen LogP contribution is -2.13. The van der Waals surface area contributed by atoms with Crippen LogP contribution in [0.25, 0.3) is 0 Å². The van der Waals surface area contributed by atoms with Crippen molar-refractivity contribution in [3.05, 3.63) is 29.8 Å². The second-order valence-electron chi connectivity index (χ2n) is 6.27. The topological polar surface area (TPSA) is 9.23 Å². The molecule has 1 nitrogen and oxygen atoms in total. The van der Waals surface area contributed by atoms with E-state index in [1.165, 1.54) is 12.0 Å².